The highest BCUT2D eigenvalue weighted by molar-refractivity contribution is 7.09. The number of benzene rings is 1. The van der Waals surface area contributed by atoms with Crippen LogP contribution in [0.1, 0.15) is 39.9 Å². The van der Waals surface area contributed by atoms with Gasteiger partial charge in [-0.25, -0.2) is 14.4 Å². The highest BCUT2D eigenvalue weighted by atomic mass is 32.1. The second kappa shape index (κ2) is 9.37. The van der Waals surface area contributed by atoms with Gasteiger partial charge in [0.25, 0.3) is 5.91 Å². The summed E-state index contributed by atoms with van der Waals surface area (Å²) in [4.78, 5) is 23.3. The molecule has 1 atom stereocenters. The quantitative estimate of drug-likeness (QED) is 0.425. The number of aryl methyl sites for hydroxylation is 1. The monoisotopic (exact) mass is 456 g/mol. The normalized spacial score (nSPS) is 12.1. The predicted molar refractivity (Wildman–Crippen MR) is 115 cm³/mol. The summed E-state index contributed by atoms with van der Waals surface area (Å²) >= 11 is 1.43. The number of aromatic nitrogens is 4. The molecule has 2 N–H and O–H groups in total. The van der Waals surface area contributed by atoms with Gasteiger partial charge in [-0.05, 0) is 32.0 Å². The van der Waals surface area contributed by atoms with Crippen molar-refractivity contribution in [1.29, 1.82) is 0 Å². The maximum absolute atomic E-state index is 13.4. The fourth-order valence-electron chi connectivity index (χ4n) is 3.07. The largest absolute Gasteiger partial charge is 0.445 e. The van der Waals surface area contributed by atoms with Crippen molar-refractivity contribution in [2.24, 2.45) is 5.73 Å². The Kier molecular flexibility index (Phi) is 6.37. The van der Waals surface area contributed by atoms with Gasteiger partial charge in [-0.3, -0.25) is 4.79 Å². The third-order valence-corrected chi connectivity index (χ3v) is 5.52. The van der Waals surface area contributed by atoms with Gasteiger partial charge in [0.2, 0.25) is 17.7 Å². The van der Waals surface area contributed by atoms with Gasteiger partial charge < -0.3 is 19.5 Å². The molecule has 0 aliphatic carbocycles. The van der Waals surface area contributed by atoms with E-state index in [9.17, 15) is 9.18 Å². The smallest absolute Gasteiger partial charge is 0.254 e. The lowest BCUT2D eigenvalue weighted by molar-refractivity contribution is 0.0731. The molecule has 0 aliphatic rings. The van der Waals surface area contributed by atoms with Gasteiger partial charge in [0.05, 0.1) is 18.8 Å². The molecule has 9 nitrogen and oxygen atoms in total. The zero-order valence-electron chi connectivity index (χ0n) is 17.5. The summed E-state index contributed by atoms with van der Waals surface area (Å²) < 4.78 is 24.3. The molecular weight excluding hydrogens is 435 g/mol. The van der Waals surface area contributed by atoms with E-state index in [1.807, 2.05) is 12.3 Å². The Labute approximate surface area is 187 Å². The minimum Gasteiger partial charge on any atom is -0.445 e. The number of hydrogen-bond donors (Lipinski definition) is 1. The van der Waals surface area contributed by atoms with Crippen LogP contribution >= 0.6 is 11.3 Å². The van der Waals surface area contributed by atoms with Crippen molar-refractivity contribution >= 4 is 17.2 Å². The molecule has 0 saturated carbocycles. The number of nitrogens with zero attached hydrogens (tertiary/aromatic N) is 5. The summed E-state index contributed by atoms with van der Waals surface area (Å²) in [6, 6.07) is 4.55. The van der Waals surface area contributed by atoms with Crippen molar-refractivity contribution in [3.05, 3.63) is 58.2 Å². The summed E-state index contributed by atoms with van der Waals surface area (Å²) in [6.07, 6.45) is 2.94. The lowest BCUT2D eigenvalue weighted by atomic mass is 10.0. The summed E-state index contributed by atoms with van der Waals surface area (Å²) in [6.45, 7) is 3.06. The average Bonchev–Trinajstić information content (AvgIpc) is 3.54. The van der Waals surface area contributed by atoms with Gasteiger partial charge in [-0.15, -0.1) is 21.5 Å². The number of rotatable bonds is 8. The Morgan fingerprint density at radius 2 is 2.03 bits per heavy atom. The van der Waals surface area contributed by atoms with Crippen molar-refractivity contribution in [1.82, 2.24) is 25.1 Å². The van der Waals surface area contributed by atoms with Crippen LogP contribution in [0.25, 0.3) is 22.9 Å². The molecule has 4 rings (SSSR count). The lowest BCUT2D eigenvalue weighted by Crippen LogP contribution is -2.32. The summed E-state index contributed by atoms with van der Waals surface area (Å²) in [5.41, 5.74) is 8.01. The molecule has 1 aromatic carbocycles. The maximum atomic E-state index is 13.4. The Morgan fingerprint density at radius 1 is 1.25 bits per heavy atom. The van der Waals surface area contributed by atoms with E-state index in [1.54, 1.807) is 25.1 Å². The topological polar surface area (TPSA) is 124 Å². The second-order valence-electron chi connectivity index (χ2n) is 7.17. The van der Waals surface area contributed by atoms with E-state index in [0.29, 0.717) is 22.6 Å². The van der Waals surface area contributed by atoms with Crippen LogP contribution in [0.4, 0.5) is 4.39 Å². The molecule has 3 heterocycles. The number of carbonyl (C=O) groups is 1. The number of alkyl halides is 1. The number of hydrogen-bond acceptors (Lipinski definition) is 9. The number of carbonyl (C=O) groups excluding carboxylic acids is 1. The van der Waals surface area contributed by atoms with Gasteiger partial charge in [0, 0.05) is 34.3 Å². The van der Waals surface area contributed by atoms with Crippen molar-refractivity contribution in [3.63, 3.8) is 0 Å². The van der Waals surface area contributed by atoms with E-state index in [4.69, 9.17) is 14.6 Å². The van der Waals surface area contributed by atoms with E-state index < -0.39 is 12.7 Å². The summed E-state index contributed by atoms with van der Waals surface area (Å²) in [7, 11) is 0. The van der Waals surface area contributed by atoms with Crippen molar-refractivity contribution in [2.75, 3.05) is 13.2 Å². The van der Waals surface area contributed by atoms with Crippen LogP contribution in [0.5, 0.6) is 0 Å². The molecular formula is C21H21FN6O3S. The molecule has 0 bridgehead atoms. The SMILES string of the molecule is Cc1csc(CN(CCF)C(=O)c2cc(-c3ncco3)cc(-c3nnc([C@H](C)N)o3)c2)n1. The molecule has 1 amide bonds. The van der Waals surface area contributed by atoms with E-state index in [0.717, 1.165) is 10.7 Å². The van der Waals surface area contributed by atoms with E-state index >= 15 is 0 Å². The molecule has 0 fully saturated rings. The number of oxazole rings is 1. The Bertz CT molecular complexity index is 1200. The van der Waals surface area contributed by atoms with Crippen LogP contribution in [0, 0.1) is 6.92 Å². The van der Waals surface area contributed by atoms with Crippen LogP contribution < -0.4 is 5.73 Å². The first-order valence-corrected chi connectivity index (χ1v) is 10.7. The van der Waals surface area contributed by atoms with Crippen LogP contribution in [-0.4, -0.2) is 44.2 Å². The van der Waals surface area contributed by atoms with Gasteiger partial charge >= 0.3 is 0 Å². The lowest BCUT2D eigenvalue weighted by Gasteiger charge is -2.20. The van der Waals surface area contributed by atoms with Crippen LogP contribution in [0.2, 0.25) is 0 Å². The third-order valence-electron chi connectivity index (χ3n) is 4.57. The standard InChI is InChI=1S/C21H21FN6O3S/c1-12-11-32-17(25-12)10-28(5-3-22)21(29)16-8-14(19-24-4-6-30-19)7-15(9-16)20-27-26-18(31-20)13(2)23/h4,6-9,11,13H,3,5,10,23H2,1-2H3/t13-/m0/s1. The minimum absolute atomic E-state index is 0.0641. The Morgan fingerprint density at radius 3 is 2.62 bits per heavy atom. The van der Waals surface area contributed by atoms with Crippen molar-refractivity contribution < 1.29 is 18.0 Å². The fourth-order valence-corrected chi connectivity index (χ4v) is 3.86. The van der Waals surface area contributed by atoms with Crippen molar-refractivity contribution in [2.45, 2.75) is 26.4 Å². The van der Waals surface area contributed by atoms with E-state index in [2.05, 4.69) is 20.2 Å². The molecule has 4 aromatic rings. The maximum Gasteiger partial charge on any atom is 0.254 e. The molecule has 166 valence electrons. The molecule has 3 aromatic heterocycles. The molecule has 0 spiro atoms. The number of amides is 1. The third kappa shape index (κ3) is 4.73. The van der Waals surface area contributed by atoms with Crippen molar-refractivity contribution in [3.8, 4) is 22.9 Å². The number of halogens is 1. The zero-order valence-corrected chi connectivity index (χ0v) is 18.3. The molecule has 0 saturated heterocycles. The molecule has 11 heteroatoms. The van der Waals surface area contributed by atoms with Gasteiger partial charge in [-0.2, -0.15) is 0 Å². The first-order chi connectivity index (χ1) is 15.4. The zero-order chi connectivity index (χ0) is 22.7. The highest BCUT2D eigenvalue weighted by Crippen LogP contribution is 2.28. The van der Waals surface area contributed by atoms with Crippen LogP contribution in [-0.2, 0) is 6.54 Å². The highest BCUT2D eigenvalue weighted by Gasteiger charge is 2.22. The number of thiazole rings is 1. The van der Waals surface area contributed by atoms with E-state index in [-0.39, 0.29) is 30.8 Å². The predicted octanol–water partition coefficient (Wildman–Crippen LogP) is 3.79. The molecule has 0 radical (unpaired) electrons. The molecule has 32 heavy (non-hydrogen) atoms. The average molecular weight is 457 g/mol. The van der Waals surface area contributed by atoms with Gasteiger partial charge in [-0.1, -0.05) is 0 Å². The Balaban J connectivity index is 1.73. The first kappa shape index (κ1) is 21.8. The number of nitrogens with two attached hydrogens (primary N) is 1. The molecule has 0 aliphatic heterocycles. The minimum atomic E-state index is -0.677. The first-order valence-electron chi connectivity index (χ1n) is 9.85. The van der Waals surface area contributed by atoms with Gasteiger partial charge in [0.1, 0.15) is 17.9 Å². The van der Waals surface area contributed by atoms with Gasteiger partial charge in [0.15, 0.2) is 0 Å². The fraction of sp³-hybridized carbons (Fsp3) is 0.286. The summed E-state index contributed by atoms with van der Waals surface area (Å²) in [5, 5.41) is 10.6. The Hall–Kier alpha value is -3.44. The van der Waals surface area contributed by atoms with Crippen LogP contribution in [0.15, 0.2) is 44.9 Å². The summed E-state index contributed by atoms with van der Waals surface area (Å²) in [5.74, 6) is 0.428. The second-order valence-corrected chi connectivity index (χ2v) is 8.11. The molecule has 0 unspecified atom stereocenters. The van der Waals surface area contributed by atoms with E-state index in [1.165, 1.54) is 28.7 Å². The van der Waals surface area contributed by atoms with Crippen LogP contribution in [0.3, 0.4) is 0 Å².